The van der Waals surface area contributed by atoms with Crippen LogP contribution in [0.5, 0.6) is 0 Å². The van der Waals surface area contributed by atoms with Crippen LogP contribution in [0.25, 0.3) is 0 Å². The van der Waals surface area contributed by atoms with Crippen LogP contribution < -0.4 is 20.4 Å². The number of piperidine rings is 2. The second kappa shape index (κ2) is 8.65. The summed E-state index contributed by atoms with van der Waals surface area (Å²) in [6.45, 7) is 9.41. The third-order valence-corrected chi connectivity index (χ3v) is 5.17. The lowest BCUT2D eigenvalue weighted by molar-refractivity contribution is 0.444. The van der Waals surface area contributed by atoms with E-state index in [1.54, 1.807) is 0 Å². The Bertz CT molecular complexity index is 587. The van der Waals surface area contributed by atoms with Crippen LogP contribution in [0.3, 0.4) is 0 Å². The van der Waals surface area contributed by atoms with Gasteiger partial charge in [-0.15, -0.1) is 0 Å². The highest BCUT2D eigenvalue weighted by Crippen LogP contribution is 2.27. The minimum Gasteiger partial charge on any atom is -0.363 e. The Morgan fingerprint density at radius 1 is 1.12 bits per heavy atom. The van der Waals surface area contributed by atoms with Gasteiger partial charge in [-0.25, -0.2) is 0 Å². The normalized spacial score (nSPS) is 21.1. The van der Waals surface area contributed by atoms with Crippen molar-refractivity contribution in [3.8, 4) is 0 Å². The maximum atomic E-state index is 5.32. The predicted octanol–water partition coefficient (Wildman–Crippen LogP) is 3.01. The van der Waals surface area contributed by atoms with Crippen LogP contribution in [0.2, 0.25) is 0 Å². The predicted molar refractivity (Wildman–Crippen MR) is 109 cm³/mol. The van der Waals surface area contributed by atoms with Crippen molar-refractivity contribution in [1.29, 1.82) is 0 Å². The fourth-order valence-corrected chi connectivity index (χ4v) is 3.86. The lowest BCUT2D eigenvalue weighted by Crippen LogP contribution is -2.36. The fraction of sp³-hybridized carbons (Fsp3) is 0.722. The van der Waals surface area contributed by atoms with E-state index < -0.39 is 0 Å². The number of nitrogens with one attached hydrogen (secondary N) is 2. The van der Waals surface area contributed by atoms with Gasteiger partial charge >= 0.3 is 0 Å². The fourth-order valence-electron chi connectivity index (χ4n) is 3.63. The molecule has 2 saturated heterocycles. The van der Waals surface area contributed by atoms with E-state index in [-0.39, 0.29) is 0 Å². The molecule has 25 heavy (non-hydrogen) atoms. The van der Waals surface area contributed by atoms with Gasteiger partial charge < -0.3 is 20.4 Å². The lowest BCUT2D eigenvalue weighted by Gasteiger charge is -2.33. The number of hydrogen-bond donors (Lipinski definition) is 2. The summed E-state index contributed by atoms with van der Waals surface area (Å²) < 4.78 is 0. The molecule has 7 heteroatoms. The van der Waals surface area contributed by atoms with Crippen molar-refractivity contribution in [3.63, 3.8) is 0 Å². The molecule has 138 valence electrons. The molecule has 6 nitrogen and oxygen atoms in total. The number of thiocarbonyl (C=S) groups is 1. The minimum atomic E-state index is 0.580. The summed E-state index contributed by atoms with van der Waals surface area (Å²) in [4.78, 5) is 14.3. The molecule has 0 spiro atoms. The molecule has 0 aliphatic carbocycles. The molecule has 0 bridgehead atoms. The topological polar surface area (TPSA) is 56.3 Å². The Morgan fingerprint density at radius 3 is 2.48 bits per heavy atom. The highest BCUT2D eigenvalue weighted by molar-refractivity contribution is 7.80. The largest absolute Gasteiger partial charge is 0.363 e. The summed E-state index contributed by atoms with van der Waals surface area (Å²) in [6, 6.07) is 2.16. The molecule has 1 atom stereocenters. The first-order valence-electron chi connectivity index (χ1n) is 9.59. The van der Waals surface area contributed by atoms with Crippen LogP contribution in [-0.2, 0) is 0 Å². The molecule has 1 aromatic heterocycles. The quantitative estimate of drug-likeness (QED) is 0.799. The van der Waals surface area contributed by atoms with Gasteiger partial charge in [-0.1, -0.05) is 6.92 Å². The first-order valence-corrected chi connectivity index (χ1v) is 10.0. The molecule has 2 fully saturated rings. The van der Waals surface area contributed by atoms with Crippen molar-refractivity contribution in [1.82, 2.24) is 15.3 Å². The second-order valence-electron chi connectivity index (χ2n) is 7.13. The molecule has 2 N–H and O–H groups in total. The summed E-state index contributed by atoms with van der Waals surface area (Å²) in [6.07, 6.45) is 6.31. The highest BCUT2D eigenvalue weighted by atomic mass is 32.1. The van der Waals surface area contributed by atoms with Gasteiger partial charge in [0.2, 0.25) is 5.95 Å². The van der Waals surface area contributed by atoms with Crippen molar-refractivity contribution >= 4 is 34.9 Å². The summed E-state index contributed by atoms with van der Waals surface area (Å²) >= 11 is 5.32. The van der Waals surface area contributed by atoms with Crippen LogP contribution in [0.15, 0.2) is 6.07 Å². The highest BCUT2D eigenvalue weighted by Gasteiger charge is 2.21. The van der Waals surface area contributed by atoms with Gasteiger partial charge in [-0.2, -0.15) is 9.97 Å². The first kappa shape index (κ1) is 18.2. The van der Waals surface area contributed by atoms with Gasteiger partial charge in [0, 0.05) is 38.8 Å². The van der Waals surface area contributed by atoms with Gasteiger partial charge in [0.05, 0.1) is 0 Å². The third-order valence-electron chi connectivity index (χ3n) is 4.92. The van der Waals surface area contributed by atoms with Crippen molar-refractivity contribution in [2.24, 2.45) is 5.92 Å². The molecule has 0 radical (unpaired) electrons. The van der Waals surface area contributed by atoms with E-state index in [4.69, 9.17) is 22.2 Å². The van der Waals surface area contributed by atoms with E-state index in [0.717, 1.165) is 44.4 Å². The van der Waals surface area contributed by atoms with E-state index in [2.05, 4.69) is 33.4 Å². The molecule has 2 aliphatic heterocycles. The van der Waals surface area contributed by atoms with E-state index in [0.29, 0.717) is 17.0 Å². The van der Waals surface area contributed by atoms with Gasteiger partial charge in [0.25, 0.3) is 0 Å². The molecule has 3 heterocycles. The van der Waals surface area contributed by atoms with Gasteiger partial charge in [0.1, 0.15) is 11.6 Å². The number of hydrogen-bond acceptors (Lipinski definition) is 5. The van der Waals surface area contributed by atoms with Crippen molar-refractivity contribution in [3.05, 3.63) is 6.07 Å². The number of aromatic nitrogens is 2. The molecule has 1 aromatic rings. The van der Waals surface area contributed by atoms with Crippen molar-refractivity contribution < 1.29 is 0 Å². The minimum absolute atomic E-state index is 0.580. The van der Waals surface area contributed by atoms with Crippen LogP contribution in [0.1, 0.15) is 46.0 Å². The molecular formula is C18H30N6S. The molecule has 2 aliphatic rings. The Kier molecular flexibility index (Phi) is 6.29. The lowest BCUT2D eigenvalue weighted by atomic mass is 10.0. The monoisotopic (exact) mass is 362 g/mol. The maximum absolute atomic E-state index is 5.32. The molecule has 0 unspecified atom stereocenters. The van der Waals surface area contributed by atoms with Gasteiger partial charge in [0.15, 0.2) is 5.11 Å². The number of nitrogens with zero attached hydrogens (tertiary/aromatic N) is 4. The van der Waals surface area contributed by atoms with E-state index in [1.165, 1.54) is 32.1 Å². The van der Waals surface area contributed by atoms with E-state index in [9.17, 15) is 0 Å². The average Bonchev–Trinajstić information content (AvgIpc) is 2.62. The van der Waals surface area contributed by atoms with Crippen LogP contribution in [-0.4, -0.2) is 47.8 Å². The van der Waals surface area contributed by atoms with Crippen LogP contribution in [0.4, 0.5) is 17.6 Å². The Labute approximate surface area is 156 Å². The van der Waals surface area contributed by atoms with Crippen molar-refractivity contribution in [2.75, 3.05) is 47.8 Å². The standard InChI is InChI=1S/C18H30N6S/c1-3-19-18(25)22-17-20-15(23-9-5-4-6-10-23)12-16(21-17)24-11-7-8-14(2)13-24/h12,14H,3-11,13H2,1-2H3,(H2,19,20,21,22,25)/t14-/m1/s1. The smallest absolute Gasteiger partial charge is 0.232 e. The molecule has 0 amide bonds. The average molecular weight is 363 g/mol. The Balaban J connectivity index is 1.85. The summed E-state index contributed by atoms with van der Waals surface area (Å²) in [7, 11) is 0. The zero-order valence-electron chi connectivity index (χ0n) is 15.4. The van der Waals surface area contributed by atoms with Crippen LogP contribution >= 0.6 is 12.2 Å². The zero-order chi connectivity index (χ0) is 17.6. The molecular weight excluding hydrogens is 332 g/mol. The first-order chi connectivity index (χ1) is 12.2. The molecule has 0 aromatic carbocycles. The SMILES string of the molecule is CCNC(=S)Nc1nc(N2CCCCC2)cc(N2CCC[C@@H](C)C2)n1. The van der Waals surface area contributed by atoms with Gasteiger partial charge in [-0.3, -0.25) is 0 Å². The van der Waals surface area contributed by atoms with Crippen molar-refractivity contribution in [2.45, 2.75) is 46.0 Å². The van der Waals surface area contributed by atoms with Gasteiger partial charge in [-0.05, 0) is 57.2 Å². The maximum Gasteiger partial charge on any atom is 0.232 e. The Hall–Kier alpha value is -1.63. The van der Waals surface area contributed by atoms with E-state index in [1.807, 2.05) is 6.92 Å². The zero-order valence-corrected chi connectivity index (χ0v) is 16.2. The number of rotatable bonds is 4. The Morgan fingerprint density at radius 2 is 1.80 bits per heavy atom. The molecule has 3 rings (SSSR count). The third kappa shape index (κ3) is 4.93. The second-order valence-corrected chi connectivity index (χ2v) is 7.54. The van der Waals surface area contributed by atoms with Crippen LogP contribution in [0, 0.1) is 5.92 Å². The summed E-state index contributed by atoms with van der Waals surface area (Å²) in [5.74, 6) is 3.34. The van der Waals surface area contributed by atoms with E-state index >= 15 is 0 Å². The summed E-state index contributed by atoms with van der Waals surface area (Å²) in [5, 5.41) is 6.85. The summed E-state index contributed by atoms with van der Waals surface area (Å²) in [5.41, 5.74) is 0. The molecule has 0 saturated carbocycles. The number of anilines is 3.